The van der Waals surface area contributed by atoms with Gasteiger partial charge in [0.25, 0.3) is 0 Å². The van der Waals surface area contributed by atoms with Crippen molar-refractivity contribution in [1.82, 2.24) is 4.98 Å². The van der Waals surface area contributed by atoms with Crippen LogP contribution in [0.2, 0.25) is 0 Å². The molecule has 20 heavy (non-hydrogen) atoms. The second-order valence-electron chi connectivity index (χ2n) is 4.37. The van der Waals surface area contributed by atoms with Crippen LogP contribution in [0.15, 0.2) is 28.9 Å². The number of oxazole rings is 1. The molecule has 0 aliphatic heterocycles. The van der Waals surface area contributed by atoms with Crippen molar-refractivity contribution in [2.45, 2.75) is 26.4 Å². The minimum Gasteiger partial charge on any atom is -0.493 e. The number of benzene rings is 1. The zero-order valence-electron chi connectivity index (χ0n) is 11.8. The van der Waals surface area contributed by atoms with E-state index in [0.29, 0.717) is 29.7 Å². The van der Waals surface area contributed by atoms with E-state index >= 15 is 0 Å². The summed E-state index contributed by atoms with van der Waals surface area (Å²) >= 11 is 0. The number of aromatic nitrogens is 1. The molecular formula is C15H19NO4. The molecule has 1 aromatic carbocycles. The Morgan fingerprint density at radius 3 is 2.80 bits per heavy atom. The summed E-state index contributed by atoms with van der Waals surface area (Å²) in [5.41, 5.74) is 1.29. The van der Waals surface area contributed by atoms with Gasteiger partial charge in [0.15, 0.2) is 11.5 Å². The van der Waals surface area contributed by atoms with Crippen molar-refractivity contribution in [3.63, 3.8) is 0 Å². The largest absolute Gasteiger partial charge is 0.493 e. The van der Waals surface area contributed by atoms with Crippen molar-refractivity contribution >= 4 is 0 Å². The van der Waals surface area contributed by atoms with Crippen molar-refractivity contribution in [2.75, 3.05) is 13.7 Å². The van der Waals surface area contributed by atoms with E-state index in [2.05, 4.69) is 11.9 Å². The van der Waals surface area contributed by atoms with E-state index in [9.17, 15) is 0 Å². The lowest BCUT2D eigenvalue weighted by molar-refractivity contribution is 0.276. The predicted octanol–water partition coefficient (Wildman–Crippen LogP) is 3.02. The smallest absolute Gasteiger partial charge is 0.226 e. The summed E-state index contributed by atoms with van der Waals surface area (Å²) in [5, 5.41) is 9.01. The molecule has 2 aromatic rings. The maximum absolute atomic E-state index is 9.01. The Bertz CT molecular complexity index is 551. The maximum atomic E-state index is 9.01. The molecule has 0 fully saturated rings. The van der Waals surface area contributed by atoms with Gasteiger partial charge in [0.05, 0.1) is 20.3 Å². The molecule has 0 spiro atoms. The first-order valence-electron chi connectivity index (χ1n) is 6.65. The van der Waals surface area contributed by atoms with Crippen LogP contribution in [0.25, 0.3) is 11.5 Å². The Morgan fingerprint density at radius 2 is 2.15 bits per heavy atom. The second-order valence-corrected chi connectivity index (χ2v) is 4.37. The molecule has 108 valence electrons. The number of aliphatic hydroxyl groups is 1. The fraction of sp³-hybridized carbons (Fsp3) is 0.400. The van der Waals surface area contributed by atoms with Gasteiger partial charge in [0.1, 0.15) is 12.0 Å². The fourth-order valence-corrected chi connectivity index (χ4v) is 1.76. The molecule has 0 saturated carbocycles. The van der Waals surface area contributed by atoms with Gasteiger partial charge in [-0.25, -0.2) is 4.98 Å². The quantitative estimate of drug-likeness (QED) is 0.788. The molecule has 0 radical (unpaired) electrons. The van der Waals surface area contributed by atoms with E-state index < -0.39 is 0 Å². The van der Waals surface area contributed by atoms with Gasteiger partial charge >= 0.3 is 0 Å². The molecule has 0 saturated heterocycles. The normalized spacial score (nSPS) is 10.6. The number of unbranched alkanes of at least 4 members (excludes halogenated alkanes) is 1. The molecule has 0 atom stereocenters. The Balaban J connectivity index is 2.23. The number of nitrogens with zero attached hydrogens (tertiary/aromatic N) is 1. The van der Waals surface area contributed by atoms with Gasteiger partial charge in [0, 0.05) is 5.56 Å². The topological polar surface area (TPSA) is 64.7 Å². The van der Waals surface area contributed by atoms with Crippen LogP contribution in [0.5, 0.6) is 11.5 Å². The standard InChI is InChI=1S/C15H19NO4/c1-3-4-7-19-14-8-11(5-6-13(14)18-2)15-16-12(9-17)10-20-15/h5-6,8,10,17H,3-4,7,9H2,1-2H3. The van der Waals surface area contributed by atoms with Gasteiger partial charge in [0.2, 0.25) is 5.89 Å². The van der Waals surface area contributed by atoms with Gasteiger partial charge < -0.3 is 19.0 Å². The average molecular weight is 277 g/mol. The summed E-state index contributed by atoms with van der Waals surface area (Å²) in [4.78, 5) is 4.18. The lowest BCUT2D eigenvalue weighted by atomic mass is 10.2. The molecule has 0 bridgehead atoms. The Labute approximate surface area is 118 Å². The summed E-state index contributed by atoms with van der Waals surface area (Å²) in [7, 11) is 1.61. The van der Waals surface area contributed by atoms with Crippen LogP contribution in [0.4, 0.5) is 0 Å². The highest BCUT2D eigenvalue weighted by molar-refractivity contribution is 5.60. The summed E-state index contributed by atoms with van der Waals surface area (Å²) in [6.45, 7) is 2.61. The molecular weight excluding hydrogens is 258 g/mol. The average Bonchev–Trinajstić information content (AvgIpc) is 2.96. The van der Waals surface area contributed by atoms with Crippen LogP contribution in [0, 0.1) is 0 Å². The van der Waals surface area contributed by atoms with Gasteiger partial charge in [-0.3, -0.25) is 0 Å². The molecule has 0 amide bonds. The number of hydrogen-bond acceptors (Lipinski definition) is 5. The monoisotopic (exact) mass is 277 g/mol. The third-order valence-corrected chi connectivity index (χ3v) is 2.88. The molecule has 2 rings (SSSR count). The van der Waals surface area contributed by atoms with Gasteiger partial charge in [-0.1, -0.05) is 13.3 Å². The summed E-state index contributed by atoms with van der Waals surface area (Å²) < 4.78 is 16.3. The van der Waals surface area contributed by atoms with E-state index in [-0.39, 0.29) is 6.61 Å². The SMILES string of the molecule is CCCCOc1cc(-c2nc(CO)co2)ccc1OC. The van der Waals surface area contributed by atoms with Crippen LogP contribution in [-0.4, -0.2) is 23.8 Å². The van der Waals surface area contributed by atoms with E-state index in [1.54, 1.807) is 7.11 Å². The highest BCUT2D eigenvalue weighted by Gasteiger charge is 2.11. The minimum atomic E-state index is -0.139. The third kappa shape index (κ3) is 3.30. The van der Waals surface area contributed by atoms with E-state index in [4.69, 9.17) is 19.0 Å². The van der Waals surface area contributed by atoms with Crippen molar-refractivity contribution in [3.8, 4) is 23.0 Å². The van der Waals surface area contributed by atoms with Gasteiger partial charge in [-0.15, -0.1) is 0 Å². The van der Waals surface area contributed by atoms with Crippen LogP contribution < -0.4 is 9.47 Å². The second kappa shape index (κ2) is 6.96. The number of methoxy groups -OCH3 is 1. The third-order valence-electron chi connectivity index (χ3n) is 2.88. The van der Waals surface area contributed by atoms with Crippen molar-refractivity contribution in [3.05, 3.63) is 30.2 Å². The van der Waals surface area contributed by atoms with E-state index in [0.717, 1.165) is 18.4 Å². The first-order chi connectivity index (χ1) is 9.78. The maximum Gasteiger partial charge on any atom is 0.226 e. The van der Waals surface area contributed by atoms with Crippen LogP contribution in [0.1, 0.15) is 25.5 Å². The minimum absolute atomic E-state index is 0.139. The van der Waals surface area contributed by atoms with Crippen LogP contribution in [-0.2, 0) is 6.61 Å². The number of ether oxygens (including phenoxy) is 2. The first-order valence-corrected chi connectivity index (χ1v) is 6.65. The van der Waals surface area contributed by atoms with Crippen LogP contribution in [0.3, 0.4) is 0 Å². The first kappa shape index (κ1) is 14.4. The highest BCUT2D eigenvalue weighted by atomic mass is 16.5. The number of aliphatic hydroxyl groups excluding tert-OH is 1. The van der Waals surface area contributed by atoms with E-state index in [1.165, 1.54) is 6.26 Å². The Hall–Kier alpha value is -2.01. The lowest BCUT2D eigenvalue weighted by Gasteiger charge is -2.11. The molecule has 0 unspecified atom stereocenters. The molecule has 0 aliphatic carbocycles. The van der Waals surface area contributed by atoms with E-state index in [1.807, 2.05) is 18.2 Å². The molecule has 1 N–H and O–H groups in total. The molecule has 1 aromatic heterocycles. The zero-order chi connectivity index (χ0) is 14.4. The van der Waals surface area contributed by atoms with Gasteiger partial charge in [-0.05, 0) is 24.6 Å². The summed E-state index contributed by atoms with van der Waals surface area (Å²) in [5.74, 6) is 1.80. The Morgan fingerprint density at radius 1 is 1.30 bits per heavy atom. The number of rotatable bonds is 7. The fourth-order valence-electron chi connectivity index (χ4n) is 1.76. The number of hydrogen-bond donors (Lipinski definition) is 1. The predicted molar refractivity (Wildman–Crippen MR) is 74.8 cm³/mol. The van der Waals surface area contributed by atoms with Crippen molar-refractivity contribution in [2.24, 2.45) is 0 Å². The summed E-state index contributed by atoms with van der Waals surface area (Å²) in [6, 6.07) is 5.50. The molecule has 5 nitrogen and oxygen atoms in total. The van der Waals surface area contributed by atoms with Crippen molar-refractivity contribution in [1.29, 1.82) is 0 Å². The zero-order valence-corrected chi connectivity index (χ0v) is 11.8. The molecule has 5 heteroatoms. The molecule has 0 aliphatic rings. The highest BCUT2D eigenvalue weighted by Crippen LogP contribution is 2.32. The summed E-state index contributed by atoms with van der Waals surface area (Å²) in [6.07, 6.45) is 3.50. The Kier molecular flexibility index (Phi) is 5.01. The molecule has 1 heterocycles. The van der Waals surface area contributed by atoms with Crippen LogP contribution >= 0.6 is 0 Å². The van der Waals surface area contributed by atoms with Gasteiger partial charge in [-0.2, -0.15) is 0 Å². The lowest BCUT2D eigenvalue weighted by Crippen LogP contribution is -1.99. The van der Waals surface area contributed by atoms with Crippen molar-refractivity contribution < 1.29 is 19.0 Å².